The van der Waals surface area contributed by atoms with Crippen molar-refractivity contribution in [2.45, 2.75) is 25.4 Å². The molecular weight excluding hydrogens is 462 g/mol. The molecule has 1 fully saturated rings. The van der Waals surface area contributed by atoms with Crippen LogP contribution in [0.15, 0.2) is 91.0 Å². The molecule has 1 aromatic heterocycles. The fraction of sp³-hybridized carbons (Fsp3) is 0.226. The number of ether oxygens (including phenoxy) is 2. The summed E-state index contributed by atoms with van der Waals surface area (Å²) in [5.41, 5.74) is 3.11. The van der Waals surface area contributed by atoms with Crippen molar-refractivity contribution in [1.29, 1.82) is 0 Å². The lowest BCUT2D eigenvalue weighted by molar-refractivity contribution is -0.128. The first-order valence-electron chi connectivity index (χ1n) is 12.7. The zero-order valence-electron chi connectivity index (χ0n) is 20.8. The summed E-state index contributed by atoms with van der Waals surface area (Å²) >= 11 is 0. The molecule has 186 valence electrons. The van der Waals surface area contributed by atoms with Crippen molar-refractivity contribution in [1.82, 2.24) is 14.5 Å². The molecule has 1 aliphatic heterocycles. The summed E-state index contributed by atoms with van der Waals surface area (Å²) in [6.07, 6.45) is 0.462. The lowest BCUT2D eigenvalue weighted by Crippen LogP contribution is -2.24. The van der Waals surface area contributed by atoms with Gasteiger partial charge in [-0.3, -0.25) is 4.79 Å². The van der Waals surface area contributed by atoms with Crippen molar-refractivity contribution in [2.24, 2.45) is 0 Å². The van der Waals surface area contributed by atoms with Crippen LogP contribution in [0, 0.1) is 0 Å². The minimum Gasteiger partial charge on any atom is -0.497 e. The number of para-hydroxylation sites is 2. The summed E-state index contributed by atoms with van der Waals surface area (Å²) < 4.78 is 13.8. The molecule has 1 saturated heterocycles. The highest BCUT2D eigenvalue weighted by Crippen LogP contribution is 2.32. The van der Waals surface area contributed by atoms with Gasteiger partial charge >= 0.3 is 0 Å². The first-order valence-corrected chi connectivity index (χ1v) is 12.7. The van der Waals surface area contributed by atoms with Gasteiger partial charge in [-0.2, -0.15) is 0 Å². The molecule has 0 N–H and O–H groups in total. The Labute approximate surface area is 216 Å². The first kappa shape index (κ1) is 23.1. The van der Waals surface area contributed by atoms with E-state index >= 15 is 0 Å². The molecule has 0 aliphatic carbocycles. The number of carbonyl (C=O) groups excluding carboxylic acids is 1. The average Bonchev–Trinajstić information content (AvgIpc) is 3.49. The largest absolute Gasteiger partial charge is 0.497 e. The van der Waals surface area contributed by atoms with E-state index in [4.69, 9.17) is 14.5 Å². The van der Waals surface area contributed by atoms with E-state index in [-0.39, 0.29) is 11.8 Å². The van der Waals surface area contributed by atoms with Crippen molar-refractivity contribution >= 4 is 27.7 Å². The Kier molecular flexibility index (Phi) is 6.23. The number of amides is 1. The van der Waals surface area contributed by atoms with Crippen LogP contribution >= 0.6 is 0 Å². The van der Waals surface area contributed by atoms with E-state index in [0.717, 1.165) is 44.7 Å². The molecule has 2 heterocycles. The van der Waals surface area contributed by atoms with E-state index in [9.17, 15) is 4.79 Å². The highest BCUT2D eigenvalue weighted by Gasteiger charge is 2.34. The highest BCUT2D eigenvalue weighted by atomic mass is 16.5. The third-order valence-corrected chi connectivity index (χ3v) is 7.12. The van der Waals surface area contributed by atoms with Crippen LogP contribution in [0.5, 0.6) is 11.5 Å². The summed E-state index contributed by atoms with van der Waals surface area (Å²) in [7, 11) is 1.66. The van der Waals surface area contributed by atoms with Crippen molar-refractivity contribution in [3.05, 3.63) is 102 Å². The van der Waals surface area contributed by atoms with Gasteiger partial charge in [-0.25, -0.2) is 4.98 Å². The van der Waals surface area contributed by atoms with Crippen LogP contribution < -0.4 is 9.47 Å². The number of likely N-dealkylation sites (tertiary alicyclic amines) is 1. The predicted molar refractivity (Wildman–Crippen MR) is 145 cm³/mol. The van der Waals surface area contributed by atoms with Gasteiger partial charge in [0, 0.05) is 30.8 Å². The smallest absolute Gasteiger partial charge is 0.223 e. The van der Waals surface area contributed by atoms with Gasteiger partial charge in [-0.15, -0.1) is 0 Å². The zero-order valence-corrected chi connectivity index (χ0v) is 20.8. The molecule has 4 aromatic carbocycles. The number of benzene rings is 4. The average molecular weight is 492 g/mol. The summed E-state index contributed by atoms with van der Waals surface area (Å²) in [6, 6.07) is 30.5. The molecule has 1 unspecified atom stereocenters. The predicted octanol–water partition coefficient (Wildman–Crippen LogP) is 5.79. The first-order chi connectivity index (χ1) is 18.2. The van der Waals surface area contributed by atoms with E-state index in [0.29, 0.717) is 32.7 Å². The van der Waals surface area contributed by atoms with Crippen LogP contribution in [0.3, 0.4) is 0 Å². The number of rotatable bonds is 8. The Hall–Kier alpha value is -4.32. The van der Waals surface area contributed by atoms with Gasteiger partial charge in [0.2, 0.25) is 5.91 Å². The van der Waals surface area contributed by atoms with Crippen molar-refractivity contribution in [2.75, 3.05) is 20.3 Å². The van der Waals surface area contributed by atoms with E-state index in [1.165, 1.54) is 0 Å². The third-order valence-electron chi connectivity index (χ3n) is 7.12. The van der Waals surface area contributed by atoms with Gasteiger partial charge in [-0.1, -0.05) is 60.7 Å². The zero-order chi connectivity index (χ0) is 25.2. The molecule has 0 radical (unpaired) electrons. The fourth-order valence-electron chi connectivity index (χ4n) is 5.26. The fourth-order valence-corrected chi connectivity index (χ4v) is 5.26. The summed E-state index contributed by atoms with van der Waals surface area (Å²) in [6.45, 7) is 2.40. The van der Waals surface area contributed by atoms with E-state index in [2.05, 4.69) is 28.8 Å². The van der Waals surface area contributed by atoms with Gasteiger partial charge in [0.05, 0.1) is 24.7 Å². The Morgan fingerprint density at radius 3 is 2.57 bits per heavy atom. The molecule has 0 bridgehead atoms. The molecule has 6 rings (SSSR count). The van der Waals surface area contributed by atoms with Gasteiger partial charge in [0.1, 0.15) is 23.9 Å². The standard InChI is InChI=1S/C31H29N3O3/c1-36-25-15-13-22(14-16-25)20-33-21-24(19-30(33)35)31-32-27-10-4-5-11-28(27)34(31)17-18-37-29-12-6-8-23-7-2-3-9-26(23)29/h2-16,24H,17-21H2,1H3. The third kappa shape index (κ3) is 4.62. The van der Waals surface area contributed by atoms with Crippen LogP contribution in [0.4, 0.5) is 0 Å². The molecule has 6 heteroatoms. The number of hydrogen-bond acceptors (Lipinski definition) is 4. The van der Waals surface area contributed by atoms with E-state index in [1.807, 2.05) is 71.6 Å². The minimum atomic E-state index is 0.0377. The Morgan fingerprint density at radius 2 is 1.70 bits per heavy atom. The molecular formula is C31H29N3O3. The molecule has 6 nitrogen and oxygen atoms in total. The maximum atomic E-state index is 13.0. The second-order valence-electron chi connectivity index (χ2n) is 9.46. The maximum Gasteiger partial charge on any atom is 0.223 e. The van der Waals surface area contributed by atoms with Crippen molar-refractivity contribution < 1.29 is 14.3 Å². The second-order valence-corrected chi connectivity index (χ2v) is 9.46. The number of imidazole rings is 1. The Balaban J connectivity index is 1.22. The summed E-state index contributed by atoms with van der Waals surface area (Å²) in [5, 5.41) is 2.27. The summed E-state index contributed by atoms with van der Waals surface area (Å²) in [5.74, 6) is 2.84. The SMILES string of the molecule is COc1ccc(CN2CC(c3nc4ccccc4n3CCOc3cccc4ccccc34)CC2=O)cc1. The molecule has 0 saturated carbocycles. The van der Waals surface area contributed by atoms with Gasteiger partial charge in [0.15, 0.2) is 0 Å². The molecule has 5 aromatic rings. The Bertz CT molecular complexity index is 1550. The lowest BCUT2D eigenvalue weighted by Gasteiger charge is -2.18. The highest BCUT2D eigenvalue weighted by molar-refractivity contribution is 5.88. The number of aromatic nitrogens is 2. The van der Waals surface area contributed by atoms with Gasteiger partial charge in [-0.05, 0) is 41.3 Å². The quantitative estimate of drug-likeness (QED) is 0.276. The van der Waals surface area contributed by atoms with Crippen LogP contribution in [0.2, 0.25) is 0 Å². The Morgan fingerprint density at radius 1 is 0.919 bits per heavy atom. The minimum absolute atomic E-state index is 0.0377. The second kappa shape index (κ2) is 9.97. The summed E-state index contributed by atoms with van der Waals surface area (Å²) in [4.78, 5) is 19.9. The van der Waals surface area contributed by atoms with Crippen LogP contribution in [0.25, 0.3) is 21.8 Å². The van der Waals surface area contributed by atoms with Crippen molar-refractivity contribution in [3.8, 4) is 11.5 Å². The van der Waals surface area contributed by atoms with Crippen LogP contribution in [0.1, 0.15) is 23.7 Å². The molecule has 37 heavy (non-hydrogen) atoms. The number of methoxy groups -OCH3 is 1. The topological polar surface area (TPSA) is 56.6 Å². The number of carbonyl (C=O) groups is 1. The van der Waals surface area contributed by atoms with Crippen molar-refractivity contribution in [3.63, 3.8) is 0 Å². The van der Waals surface area contributed by atoms with Crippen LogP contribution in [-0.2, 0) is 17.9 Å². The normalized spacial score (nSPS) is 15.5. The van der Waals surface area contributed by atoms with E-state index < -0.39 is 0 Å². The number of fused-ring (bicyclic) bond motifs is 2. The van der Waals surface area contributed by atoms with Gasteiger partial charge < -0.3 is 18.9 Å². The van der Waals surface area contributed by atoms with Crippen LogP contribution in [-0.4, -0.2) is 40.6 Å². The van der Waals surface area contributed by atoms with Gasteiger partial charge in [0.25, 0.3) is 0 Å². The lowest BCUT2D eigenvalue weighted by atomic mass is 10.1. The molecule has 1 aliphatic rings. The maximum absolute atomic E-state index is 13.0. The molecule has 1 amide bonds. The van der Waals surface area contributed by atoms with E-state index in [1.54, 1.807) is 7.11 Å². The molecule has 0 spiro atoms. The number of hydrogen-bond donors (Lipinski definition) is 0. The number of nitrogens with zero attached hydrogens (tertiary/aromatic N) is 3. The monoisotopic (exact) mass is 491 g/mol. The molecule has 1 atom stereocenters.